The summed E-state index contributed by atoms with van der Waals surface area (Å²) in [7, 11) is 0. The molecule has 1 heterocycles. The SMILES string of the molecule is CC(C(=O)NCCNc1ncc(Cl)cc1Cl)C(N)c1ccccc1.Cl.Cl. The highest BCUT2D eigenvalue weighted by Crippen LogP contribution is 2.22. The molecule has 0 aliphatic carbocycles. The number of pyridine rings is 1. The van der Waals surface area contributed by atoms with Crippen LogP contribution in [0.15, 0.2) is 42.6 Å². The molecule has 2 unspecified atom stereocenters. The molecule has 0 aliphatic rings. The first-order valence-corrected chi connectivity index (χ1v) is 8.38. The van der Waals surface area contributed by atoms with E-state index in [1.54, 1.807) is 6.07 Å². The first kappa shape index (κ1) is 24.8. The third-order valence-electron chi connectivity index (χ3n) is 3.66. The number of carbonyl (C=O) groups excluding carboxylic acids is 1. The van der Waals surface area contributed by atoms with E-state index in [4.69, 9.17) is 28.9 Å². The smallest absolute Gasteiger partial charge is 0.224 e. The first-order valence-electron chi connectivity index (χ1n) is 7.62. The molecule has 0 bridgehead atoms. The standard InChI is InChI=1S/C17H20Cl2N4O.2ClH/c1-11(15(20)12-5-3-2-4-6-12)17(24)22-8-7-21-16-14(19)9-13(18)10-23-16;;/h2-6,9-11,15H,7-8,20H2,1H3,(H,21,23)(H,22,24);2*1H. The van der Waals surface area contributed by atoms with Crippen molar-refractivity contribution in [3.8, 4) is 0 Å². The van der Waals surface area contributed by atoms with Gasteiger partial charge in [0.15, 0.2) is 0 Å². The van der Waals surface area contributed by atoms with E-state index in [2.05, 4.69) is 15.6 Å². The second kappa shape index (κ2) is 12.2. The molecule has 0 saturated heterocycles. The van der Waals surface area contributed by atoms with Gasteiger partial charge in [0, 0.05) is 25.3 Å². The Hall–Kier alpha value is -1.24. The predicted molar refractivity (Wildman–Crippen MR) is 113 cm³/mol. The fourth-order valence-electron chi connectivity index (χ4n) is 2.20. The maximum atomic E-state index is 12.2. The fraction of sp³-hybridized carbons (Fsp3) is 0.294. The Bertz CT molecular complexity index is 688. The van der Waals surface area contributed by atoms with Crippen molar-refractivity contribution in [1.29, 1.82) is 0 Å². The Balaban J connectivity index is 0.00000312. The van der Waals surface area contributed by atoms with Gasteiger partial charge in [0.25, 0.3) is 0 Å². The minimum absolute atomic E-state index is 0. The average Bonchev–Trinajstić information content (AvgIpc) is 2.59. The van der Waals surface area contributed by atoms with Gasteiger partial charge in [-0.15, -0.1) is 24.8 Å². The van der Waals surface area contributed by atoms with E-state index in [0.29, 0.717) is 29.0 Å². The van der Waals surface area contributed by atoms with Crippen LogP contribution in [0.5, 0.6) is 0 Å². The molecule has 1 amide bonds. The summed E-state index contributed by atoms with van der Waals surface area (Å²) in [6.45, 7) is 2.75. The van der Waals surface area contributed by atoms with E-state index in [9.17, 15) is 4.79 Å². The van der Waals surface area contributed by atoms with Crippen molar-refractivity contribution in [2.45, 2.75) is 13.0 Å². The average molecular weight is 440 g/mol. The van der Waals surface area contributed by atoms with Gasteiger partial charge in [0.05, 0.1) is 16.0 Å². The molecule has 0 radical (unpaired) electrons. The van der Waals surface area contributed by atoms with E-state index in [1.165, 1.54) is 6.20 Å². The molecule has 1 aromatic heterocycles. The summed E-state index contributed by atoms with van der Waals surface area (Å²) in [5.74, 6) is 0.109. The van der Waals surface area contributed by atoms with Crippen molar-refractivity contribution in [2.24, 2.45) is 11.7 Å². The second-order valence-electron chi connectivity index (χ2n) is 5.43. The number of nitrogens with one attached hydrogen (secondary N) is 2. The highest BCUT2D eigenvalue weighted by atomic mass is 35.5. The topological polar surface area (TPSA) is 80.0 Å². The quantitative estimate of drug-likeness (QED) is 0.567. The van der Waals surface area contributed by atoms with E-state index in [-0.39, 0.29) is 42.7 Å². The summed E-state index contributed by atoms with van der Waals surface area (Å²) in [6, 6.07) is 10.8. The van der Waals surface area contributed by atoms with Crippen molar-refractivity contribution >= 4 is 59.7 Å². The molecule has 2 atom stereocenters. The van der Waals surface area contributed by atoms with Crippen LogP contribution in [0, 0.1) is 5.92 Å². The van der Waals surface area contributed by atoms with Crippen LogP contribution in [0.4, 0.5) is 5.82 Å². The molecule has 0 aliphatic heterocycles. The van der Waals surface area contributed by atoms with Crippen molar-refractivity contribution < 1.29 is 4.79 Å². The Morgan fingerprint density at radius 3 is 2.46 bits per heavy atom. The Kier molecular flexibility index (Phi) is 11.6. The van der Waals surface area contributed by atoms with Gasteiger partial charge in [-0.1, -0.05) is 60.5 Å². The first-order chi connectivity index (χ1) is 11.5. The monoisotopic (exact) mass is 438 g/mol. The fourth-order valence-corrected chi connectivity index (χ4v) is 2.65. The summed E-state index contributed by atoms with van der Waals surface area (Å²) < 4.78 is 0. The van der Waals surface area contributed by atoms with Crippen molar-refractivity contribution in [1.82, 2.24) is 10.3 Å². The van der Waals surface area contributed by atoms with E-state index in [0.717, 1.165) is 5.56 Å². The molecule has 9 heteroatoms. The van der Waals surface area contributed by atoms with Crippen molar-refractivity contribution in [3.05, 3.63) is 58.2 Å². The Morgan fingerprint density at radius 1 is 1.19 bits per heavy atom. The summed E-state index contributed by atoms with van der Waals surface area (Å²) in [6.07, 6.45) is 1.51. The molecule has 5 nitrogen and oxygen atoms in total. The molecular formula is C17H22Cl4N4O. The van der Waals surface area contributed by atoms with Gasteiger partial charge in [-0.25, -0.2) is 4.98 Å². The molecule has 144 valence electrons. The number of nitrogens with zero attached hydrogens (tertiary/aromatic N) is 1. The number of benzene rings is 1. The number of nitrogens with two attached hydrogens (primary N) is 1. The second-order valence-corrected chi connectivity index (χ2v) is 6.27. The third kappa shape index (κ3) is 7.17. The lowest BCUT2D eigenvalue weighted by atomic mass is 9.95. The van der Waals surface area contributed by atoms with Crippen LogP contribution >= 0.6 is 48.0 Å². The van der Waals surface area contributed by atoms with Gasteiger partial charge in [0.1, 0.15) is 5.82 Å². The van der Waals surface area contributed by atoms with E-state index in [1.807, 2.05) is 37.3 Å². The van der Waals surface area contributed by atoms with Gasteiger partial charge < -0.3 is 16.4 Å². The third-order valence-corrected chi connectivity index (χ3v) is 4.16. The number of hydrogen-bond acceptors (Lipinski definition) is 4. The van der Waals surface area contributed by atoms with Crippen LogP contribution in [0.3, 0.4) is 0 Å². The lowest BCUT2D eigenvalue weighted by Gasteiger charge is -2.20. The molecule has 1 aromatic carbocycles. The van der Waals surface area contributed by atoms with E-state index < -0.39 is 0 Å². The molecule has 0 spiro atoms. The van der Waals surface area contributed by atoms with Crippen LogP contribution in [-0.2, 0) is 4.79 Å². The number of hydrogen-bond donors (Lipinski definition) is 3. The Labute approximate surface area is 175 Å². The van der Waals surface area contributed by atoms with Crippen LogP contribution in [0.1, 0.15) is 18.5 Å². The lowest BCUT2D eigenvalue weighted by molar-refractivity contribution is -0.125. The predicted octanol–water partition coefficient (Wildman–Crippen LogP) is 4.10. The van der Waals surface area contributed by atoms with Crippen molar-refractivity contribution in [2.75, 3.05) is 18.4 Å². The summed E-state index contributed by atoms with van der Waals surface area (Å²) in [5, 5.41) is 6.82. The maximum absolute atomic E-state index is 12.2. The van der Waals surface area contributed by atoms with Gasteiger partial charge in [-0.3, -0.25) is 4.79 Å². The molecule has 2 rings (SSSR count). The molecule has 2 aromatic rings. The zero-order chi connectivity index (χ0) is 17.5. The van der Waals surface area contributed by atoms with Gasteiger partial charge >= 0.3 is 0 Å². The van der Waals surface area contributed by atoms with Gasteiger partial charge in [-0.05, 0) is 11.6 Å². The maximum Gasteiger partial charge on any atom is 0.224 e. The summed E-state index contributed by atoms with van der Waals surface area (Å²) in [4.78, 5) is 16.3. The van der Waals surface area contributed by atoms with Crippen LogP contribution in [0.25, 0.3) is 0 Å². The number of amides is 1. The Morgan fingerprint density at radius 2 is 1.85 bits per heavy atom. The highest BCUT2D eigenvalue weighted by Gasteiger charge is 2.21. The van der Waals surface area contributed by atoms with Gasteiger partial charge in [-0.2, -0.15) is 0 Å². The van der Waals surface area contributed by atoms with Crippen molar-refractivity contribution in [3.63, 3.8) is 0 Å². The minimum atomic E-state index is -0.341. The molecule has 0 fully saturated rings. The summed E-state index contributed by atoms with van der Waals surface area (Å²) in [5.41, 5.74) is 7.09. The van der Waals surface area contributed by atoms with E-state index >= 15 is 0 Å². The normalized spacial score (nSPS) is 12.2. The minimum Gasteiger partial charge on any atom is -0.367 e. The largest absolute Gasteiger partial charge is 0.367 e. The number of anilines is 1. The molecule has 26 heavy (non-hydrogen) atoms. The lowest BCUT2D eigenvalue weighted by Crippen LogP contribution is -2.37. The zero-order valence-corrected chi connectivity index (χ0v) is 17.3. The van der Waals surface area contributed by atoms with Crippen LogP contribution < -0.4 is 16.4 Å². The van der Waals surface area contributed by atoms with Crippen LogP contribution in [-0.4, -0.2) is 24.0 Å². The number of aromatic nitrogens is 1. The molecular weight excluding hydrogens is 418 g/mol. The zero-order valence-electron chi connectivity index (χ0n) is 14.1. The van der Waals surface area contributed by atoms with Crippen LogP contribution in [0.2, 0.25) is 10.0 Å². The highest BCUT2D eigenvalue weighted by molar-refractivity contribution is 6.35. The number of rotatable bonds is 7. The summed E-state index contributed by atoms with van der Waals surface area (Å²) >= 11 is 11.8. The number of halogens is 4. The van der Waals surface area contributed by atoms with Gasteiger partial charge in [0.2, 0.25) is 5.91 Å². The molecule has 0 saturated carbocycles. The molecule has 4 N–H and O–H groups in total. The number of carbonyl (C=O) groups is 1.